The van der Waals surface area contributed by atoms with Crippen LogP contribution in [-0.4, -0.2) is 61.0 Å². The summed E-state index contributed by atoms with van der Waals surface area (Å²) in [6.07, 6.45) is 1.51. The first-order valence-corrected chi connectivity index (χ1v) is 8.18. The maximum Gasteiger partial charge on any atom is 0.249 e. The topological polar surface area (TPSA) is 76.8 Å². The molecule has 0 spiro atoms. The molecule has 0 bridgehead atoms. The SMILES string of the molecule is COCCNC(=O)[C@@H]1C[C@@H]2[C@@H](CCN2Cc2c(C)noc2C)O1. The summed E-state index contributed by atoms with van der Waals surface area (Å²) in [5, 5.41) is 6.88. The number of hydrogen-bond acceptors (Lipinski definition) is 6. The van der Waals surface area contributed by atoms with Crippen LogP contribution in [0.4, 0.5) is 0 Å². The van der Waals surface area contributed by atoms with Gasteiger partial charge in [-0.2, -0.15) is 0 Å². The van der Waals surface area contributed by atoms with Gasteiger partial charge in [-0.3, -0.25) is 9.69 Å². The van der Waals surface area contributed by atoms with Gasteiger partial charge in [0, 0.05) is 44.8 Å². The zero-order valence-electron chi connectivity index (χ0n) is 14.0. The van der Waals surface area contributed by atoms with Crippen LogP contribution in [0.15, 0.2) is 4.52 Å². The first-order chi connectivity index (χ1) is 11.1. The minimum absolute atomic E-state index is 0.0336. The molecular formula is C16H25N3O4. The number of hydrogen-bond donors (Lipinski definition) is 1. The molecule has 3 rings (SSSR count). The lowest BCUT2D eigenvalue weighted by atomic mass is 10.1. The molecule has 0 unspecified atom stereocenters. The number of carbonyl (C=O) groups excluding carboxylic acids is 1. The highest BCUT2D eigenvalue weighted by Gasteiger charge is 2.45. The smallest absolute Gasteiger partial charge is 0.249 e. The van der Waals surface area contributed by atoms with Crippen molar-refractivity contribution >= 4 is 5.91 Å². The third-order valence-electron chi connectivity index (χ3n) is 4.83. The van der Waals surface area contributed by atoms with E-state index in [9.17, 15) is 4.79 Å². The number of amides is 1. The van der Waals surface area contributed by atoms with Crippen molar-refractivity contribution in [1.82, 2.24) is 15.4 Å². The number of fused-ring (bicyclic) bond motifs is 1. The number of nitrogens with zero attached hydrogens (tertiary/aromatic N) is 2. The molecule has 1 amide bonds. The second-order valence-corrected chi connectivity index (χ2v) is 6.31. The molecule has 0 aliphatic carbocycles. The zero-order chi connectivity index (χ0) is 16.4. The number of aryl methyl sites for hydroxylation is 2. The van der Waals surface area contributed by atoms with Crippen LogP contribution < -0.4 is 5.32 Å². The van der Waals surface area contributed by atoms with E-state index in [2.05, 4.69) is 15.4 Å². The molecule has 2 aliphatic heterocycles. The number of ether oxygens (including phenoxy) is 2. The number of likely N-dealkylation sites (tertiary alicyclic amines) is 1. The molecule has 0 aromatic carbocycles. The quantitative estimate of drug-likeness (QED) is 0.780. The maximum absolute atomic E-state index is 12.1. The molecular weight excluding hydrogens is 298 g/mol. The van der Waals surface area contributed by atoms with E-state index in [1.165, 1.54) is 0 Å². The second-order valence-electron chi connectivity index (χ2n) is 6.31. The summed E-state index contributed by atoms with van der Waals surface area (Å²) in [6.45, 7) is 6.74. The number of methoxy groups -OCH3 is 1. The lowest BCUT2D eigenvalue weighted by Gasteiger charge is -2.22. The molecule has 7 nitrogen and oxygen atoms in total. The molecule has 2 saturated heterocycles. The predicted molar refractivity (Wildman–Crippen MR) is 83.0 cm³/mol. The van der Waals surface area contributed by atoms with Crippen molar-refractivity contribution in [3.05, 3.63) is 17.0 Å². The summed E-state index contributed by atoms with van der Waals surface area (Å²) in [7, 11) is 1.62. The molecule has 0 saturated carbocycles. The summed E-state index contributed by atoms with van der Waals surface area (Å²) in [5.74, 6) is 0.840. The Bertz CT molecular complexity index is 540. The average Bonchev–Trinajstić information content (AvgIpc) is 3.19. The third kappa shape index (κ3) is 3.41. The highest BCUT2D eigenvalue weighted by atomic mass is 16.5. The summed E-state index contributed by atoms with van der Waals surface area (Å²) < 4.78 is 16.2. The molecule has 1 aromatic heterocycles. The minimum atomic E-state index is -0.352. The van der Waals surface area contributed by atoms with Crippen LogP contribution in [0.25, 0.3) is 0 Å². The van der Waals surface area contributed by atoms with E-state index in [4.69, 9.17) is 14.0 Å². The van der Waals surface area contributed by atoms with Gasteiger partial charge in [-0.15, -0.1) is 0 Å². The van der Waals surface area contributed by atoms with Crippen molar-refractivity contribution in [2.24, 2.45) is 0 Å². The van der Waals surface area contributed by atoms with Crippen LogP contribution in [-0.2, 0) is 20.8 Å². The van der Waals surface area contributed by atoms with E-state index >= 15 is 0 Å². The van der Waals surface area contributed by atoms with Crippen LogP contribution in [0.3, 0.4) is 0 Å². The summed E-state index contributed by atoms with van der Waals surface area (Å²) in [5.41, 5.74) is 2.09. The van der Waals surface area contributed by atoms with Crippen molar-refractivity contribution in [2.45, 2.75) is 51.5 Å². The summed E-state index contributed by atoms with van der Waals surface area (Å²) >= 11 is 0. The van der Waals surface area contributed by atoms with Crippen LogP contribution in [0.5, 0.6) is 0 Å². The average molecular weight is 323 g/mol. The molecule has 3 heterocycles. The number of nitrogens with one attached hydrogen (secondary N) is 1. The van der Waals surface area contributed by atoms with Gasteiger partial charge in [0.25, 0.3) is 0 Å². The van der Waals surface area contributed by atoms with Gasteiger partial charge in [-0.1, -0.05) is 5.16 Å². The Balaban J connectivity index is 1.57. The molecule has 2 aliphatic rings. The van der Waals surface area contributed by atoms with E-state index in [1.54, 1.807) is 7.11 Å². The van der Waals surface area contributed by atoms with Crippen LogP contribution in [0, 0.1) is 13.8 Å². The van der Waals surface area contributed by atoms with Gasteiger partial charge in [0.2, 0.25) is 5.91 Å². The molecule has 1 N–H and O–H groups in total. The number of carbonyl (C=O) groups is 1. The Morgan fingerprint density at radius 3 is 3.00 bits per heavy atom. The van der Waals surface area contributed by atoms with Crippen LogP contribution in [0.2, 0.25) is 0 Å². The number of rotatable bonds is 6. The van der Waals surface area contributed by atoms with Gasteiger partial charge < -0.3 is 19.3 Å². The first kappa shape index (κ1) is 16.4. The van der Waals surface area contributed by atoms with Gasteiger partial charge in [0.15, 0.2) is 0 Å². The Labute approximate surface area is 136 Å². The van der Waals surface area contributed by atoms with Gasteiger partial charge in [-0.25, -0.2) is 0 Å². The molecule has 23 heavy (non-hydrogen) atoms. The largest absolute Gasteiger partial charge is 0.383 e. The lowest BCUT2D eigenvalue weighted by Crippen LogP contribution is -2.37. The molecule has 128 valence electrons. The minimum Gasteiger partial charge on any atom is -0.383 e. The predicted octanol–water partition coefficient (Wildman–Crippen LogP) is 0.786. The number of aromatic nitrogens is 1. The van der Waals surface area contributed by atoms with Gasteiger partial charge >= 0.3 is 0 Å². The highest BCUT2D eigenvalue weighted by Crippen LogP contribution is 2.34. The van der Waals surface area contributed by atoms with Crippen molar-refractivity contribution in [3.63, 3.8) is 0 Å². The van der Waals surface area contributed by atoms with E-state index in [1.807, 2.05) is 13.8 Å². The Morgan fingerprint density at radius 1 is 1.48 bits per heavy atom. The van der Waals surface area contributed by atoms with E-state index in [0.717, 1.165) is 42.9 Å². The standard InChI is InChI=1S/C16H25N3O4/c1-10-12(11(2)23-18-10)9-19-6-4-14-13(19)8-15(22-14)16(20)17-5-7-21-3/h13-15H,4-9H2,1-3H3,(H,17,20)/t13-,14-,15+/m1/s1. The summed E-state index contributed by atoms with van der Waals surface area (Å²) in [4.78, 5) is 14.5. The van der Waals surface area contributed by atoms with Crippen molar-refractivity contribution in [1.29, 1.82) is 0 Å². The van der Waals surface area contributed by atoms with Gasteiger partial charge in [0.05, 0.1) is 18.4 Å². The molecule has 2 fully saturated rings. The summed E-state index contributed by atoms with van der Waals surface area (Å²) in [6, 6.07) is 0.293. The monoisotopic (exact) mass is 323 g/mol. The Kier molecular flexibility index (Phi) is 4.99. The molecule has 3 atom stereocenters. The van der Waals surface area contributed by atoms with Crippen LogP contribution >= 0.6 is 0 Å². The fourth-order valence-corrected chi connectivity index (χ4v) is 3.52. The normalized spacial score (nSPS) is 27.3. The van der Waals surface area contributed by atoms with Gasteiger partial charge in [-0.05, 0) is 20.3 Å². The molecule has 0 radical (unpaired) electrons. The molecule has 7 heteroatoms. The van der Waals surface area contributed by atoms with E-state index in [0.29, 0.717) is 19.2 Å². The highest BCUT2D eigenvalue weighted by molar-refractivity contribution is 5.81. The van der Waals surface area contributed by atoms with E-state index < -0.39 is 0 Å². The van der Waals surface area contributed by atoms with Crippen molar-refractivity contribution in [2.75, 3.05) is 26.8 Å². The lowest BCUT2D eigenvalue weighted by molar-refractivity contribution is -0.132. The van der Waals surface area contributed by atoms with Crippen molar-refractivity contribution in [3.8, 4) is 0 Å². The first-order valence-electron chi connectivity index (χ1n) is 8.18. The zero-order valence-corrected chi connectivity index (χ0v) is 14.0. The van der Waals surface area contributed by atoms with Crippen molar-refractivity contribution < 1.29 is 18.8 Å². The fraction of sp³-hybridized carbons (Fsp3) is 0.750. The van der Waals surface area contributed by atoms with E-state index in [-0.39, 0.29) is 18.1 Å². The molecule has 1 aromatic rings. The fourth-order valence-electron chi connectivity index (χ4n) is 3.52. The Morgan fingerprint density at radius 2 is 2.30 bits per heavy atom. The maximum atomic E-state index is 12.1. The third-order valence-corrected chi connectivity index (χ3v) is 4.83. The van der Waals surface area contributed by atoms with Gasteiger partial charge in [0.1, 0.15) is 11.9 Å². The Hall–Kier alpha value is -1.44. The second kappa shape index (κ2) is 6.98. The van der Waals surface area contributed by atoms with Crippen LogP contribution in [0.1, 0.15) is 29.9 Å².